The number of hydrogen-bond donors (Lipinski definition) is 2. The number of carbonyl (C=O) groups is 1. The minimum Gasteiger partial charge on any atom is -0.383 e. The molecule has 1 fully saturated rings. The molecule has 0 bridgehead atoms. The molecule has 5 heteroatoms. The van der Waals surface area contributed by atoms with Crippen LogP contribution in [-0.2, 0) is 9.53 Å². The van der Waals surface area contributed by atoms with Gasteiger partial charge in [0.25, 0.3) is 0 Å². The fourth-order valence-electron chi connectivity index (χ4n) is 2.81. The number of nitrogens with two attached hydrogens (primary N) is 1. The number of hydrogen-bond acceptors (Lipinski definition) is 4. The second kappa shape index (κ2) is 7.82. The Kier molecular flexibility index (Phi) is 6.75. The van der Waals surface area contributed by atoms with E-state index in [1.807, 2.05) is 0 Å². The van der Waals surface area contributed by atoms with E-state index in [-0.39, 0.29) is 18.1 Å². The van der Waals surface area contributed by atoms with E-state index in [0.717, 1.165) is 12.8 Å². The number of likely N-dealkylation sites (N-methyl/N-ethyl adjacent to an activating group) is 1. The number of amides is 1. The van der Waals surface area contributed by atoms with Gasteiger partial charge in [-0.1, -0.05) is 25.7 Å². The first kappa shape index (κ1) is 16.4. The summed E-state index contributed by atoms with van der Waals surface area (Å²) < 4.78 is 4.91. The quantitative estimate of drug-likeness (QED) is 0.699. The molecule has 1 atom stereocenters. The lowest BCUT2D eigenvalue weighted by molar-refractivity contribution is -0.124. The molecule has 1 unspecified atom stereocenters. The molecule has 0 aromatic heterocycles. The van der Waals surface area contributed by atoms with E-state index in [1.54, 1.807) is 7.11 Å². The molecule has 0 aliphatic heterocycles. The Balaban J connectivity index is 2.56. The Hall–Kier alpha value is -0.650. The third kappa shape index (κ3) is 4.75. The van der Waals surface area contributed by atoms with Crippen molar-refractivity contribution in [1.82, 2.24) is 10.2 Å². The molecule has 1 amide bonds. The summed E-state index contributed by atoms with van der Waals surface area (Å²) in [6.45, 7) is 0.942. The summed E-state index contributed by atoms with van der Waals surface area (Å²) >= 11 is 0. The van der Waals surface area contributed by atoms with Crippen LogP contribution in [0.15, 0.2) is 0 Å². The van der Waals surface area contributed by atoms with Gasteiger partial charge < -0.3 is 20.7 Å². The molecule has 1 saturated carbocycles. The Bertz CT molecular complexity index is 274. The van der Waals surface area contributed by atoms with Gasteiger partial charge in [-0.05, 0) is 26.9 Å². The van der Waals surface area contributed by atoms with Crippen LogP contribution in [0.4, 0.5) is 0 Å². The molecule has 3 N–H and O–H groups in total. The van der Waals surface area contributed by atoms with Crippen molar-refractivity contribution in [1.29, 1.82) is 0 Å². The Morgan fingerprint density at radius 3 is 2.37 bits per heavy atom. The van der Waals surface area contributed by atoms with Crippen molar-refractivity contribution in [3.8, 4) is 0 Å². The molecule has 0 spiro atoms. The highest BCUT2D eigenvalue weighted by atomic mass is 16.5. The monoisotopic (exact) mass is 271 g/mol. The summed E-state index contributed by atoms with van der Waals surface area (Å²) in [6, 6.07) is -0.574. The lowest BCUT2D eigenvalue weighted by atomic mass is 9.88. The maximum atomic E-state index is 11.9. The van der Waals surface area contributed by atoms with E-state index >= 15 is 0 Å². The summed E-state index contributed by atoms with van der Waals surface area (Å²) in [5.74, 6) is -0.118. The maximum absolute atomic E-state index is 11.9. The minimum atomic E-state index is -0.574. The molecular weight excluding hydrogens is 242 g/mol. The molecule has 19 heavy (non-hydrogen) atoms. The zero-order valence-electron chi connectivity index (χ0n) is 12.6. The average Bonchev–Trinajstić information content (AvgIpc) is 2.62. The van der Waals surface area contributed by atoms with Gasteiger partial charge in [0.05, 0.1) is 6.61 Å². The summed E-state index contributed by atoms with van der Waals surface area (Å²) in [5, 5.41) is 3.00. The summed E-state index contributed by atoms with van der Waals surface area (Å²) in [6.07, 6.45) is 7.34. The SMILES string of the molecule is COCC(N)C(=O)NCC1(N(C)C)CCCCCC1. The third-order valence-corrected chi connectivity index (χ3v) is 4.26. The van der Waals surface area contributed by atoms with Gasteiger partial charge in [-0.3, -0.25) is 4.79 Å². The van der Waals surface area contributed by atoms with E-state index in [1.165, 1.54) is 25.7 Å². The molecule has 112 valence electrons. The minimum absolute atomic E-state index is 0.0823. The van der Waals surface area contributed by atoms with E-state index in [9.17, 15) is 4.79 Å². The van der Waals surface area contributed by atoms with Crippen molar-refractivity contribution in [2.24, 2.45) is 5.73 Å². The molecule has 1 aliphatic carbocycles. The number of nitrogens with one attached hydrogen (secondary N) is 1. The number of rotatable bonds is 6. The summed E-state index contributed by atoms with van der Waals surface area (Å²) in [5.41, 5.74) is 5.83. The fourth-order valence-corrected chi connectivity index (χ4v) is 2.81. The second-order valence-corrected chi connectivity index (χ2v) is 5.81. The molecule has 0 aromatic carbocycles. The van der Waals surface area contributed by atoms with Crippen molar-refractivity contribution in [3.63, 3.8) is 0 Å². The third-order valence-electron chi connectivity index (χ3n) is 4.26. The van der Waals surface area contributed by atoms with Gasteiger partial charge in [0.2, 0.25) is 5.91 Å². The summed E-state index contributed by atoms with van der Waals surface area (Å²) in [4.78, 5) is 14.2. The van der Waals surface area contributed by atoms with Crippen LogP contribution in [0.2, 0.25) is 0 Å². The number of methoxy groups -OCH3 is 1. The van der Waals surface area contributed by atoms with E-state index in [4.69, 9.17) is 10.5 Å². The Labute approximate surface area is 116 Å². The van der Waals surface area contributed by atoms with Crippen LogP contribution in [0.1, 0.15) is 38.5 Å². The molecule has 0 aromatic rings. The average molecular weight is 271 g/mol. The zero-order chi connectivity index (χ0) is 14.3. The highest BCUT2D eigenvalue weighted by Crippen LogP contribution is 2.30. The molecule has 5 nitrogen and oxygen atoms in total. The van der Waals surface area contributed by atoms with Gasteiger partial charge in [0, 0.05) is 19.2 Å². The molecule has 1 rings (SSSR count). The molecule has 0 saturated heterocycles. The van der Waals surface area contributed by atoms with Crippen LogP contribution >= 0.6 is 0 Å². The fraction of sp³-hybridized carbons (Fsp3) is 0.929. The Morgan fingerprint density at radius 2 is 1.89 bits per heavy atom. The predicted octanol–water partition coefficient (Wildman–Crippen LogP) is 0.731. The van der Waals surface area contributed by atoms with Crippen LogP contribution in [0.25, 0.3) is 0 Å². The molecule has 1 aliphatic rings. The lowest BCUT2D eigenvalue weighted by Gasteiger charge is -2.40. The standard InChI is InChI=1S/C14H29N3O2/c1-17(2)14(8-6-4-5-7-9-14)11-16-13(18)12(15)10-19-3/h12H,4-11,15H2,1-3H3,(H,16,18). The van der Waals surface area contributed by atoms with Gasteiger partial charge in [0.15, 0.2) is 0 Å². The lowest BCUT2D eigenvalue weighted by Crippen LogP contribution is -2.55. The predicted molar refractivity (Wildman–Crippen MR) is 77.0 cm³/mol. The normalized spacial score (nSPS) is 20.9. The van der Waals surface area contributed by atoms with Crippen LogP contribution < -0.4 is 11.1 Å². The van der Waals surface area contributed by atoms with E-state index in [0.29, 0.717) is 6.54 Å². The second-order valence-electron chi connectivity index (χ2n) is 5.81. The van der Waals surface area contributed by atoms with Crippen LogP contribution in [-0.4, -0.2) is 56.7 Å². The van der Waals surface area contributed by atoms with Crippen LogP contribution in [0.3, 0.4) is 0 Å². The van der Waals surface area contributed by atoms with Gasteiger partial charge in [-0.2, -0.15) is 0 Å². The highest BCUT2D eigenvalue weighted by molar-refractivity contribution is 5.81. The number of ether oxygens (including phenoxy) is 1. The van der Waals surface area contributed by atoms with Crippen molar-refractivity contribution >= 4 is 5.91 Å². The van der Waals surface area contributed by atoms with Gasteiger partial charge in [-0.25, -0.2) is 0 Å². The first-order valence-electron chi connectivity index (χ1n) is 7.21. The molecule has 0 radical (unpaired) electrons. The Morgan fingerprint density at radius 1 is 1.32 bits per heavy atom. The first-order valence-corrected chi connectivity index (χ1v) is 7.21. The molecule has 0 heterocycles. The van der Waals surface area contributed by atoms with E-state index < -0.39 is 6.04 Å². The van der Waals surface area contributed by atoms with Gasteiger partial charge in [0.1, 0.15) is 6.04 Å². The largest absolute Gasteiger partial charge is 0.383 e. The topological polar surface area (TPSA) is 67.6 Å². The van der Waals surface area contributed by atoms with Gasteiger partial charge in [-0.15, -0.1) is 0 Å². The van der Waals surface area contributed by atoms with Crippen LogP contribution in [0, 0.1) is 0 Å². The van der Waals surface area contributed by atoms with Crippen molar-refractivity contribution in [2.45, 2.75) is 50.1 Å². The van der Waals surface area contributed by atoms with Crippen molar-refractivity contribution in [2.75, 3.05) is 34.4 Å². The van der Waals surface area contributed by atoms with Crippen molar-refractivity contribution in [3.05, 3.63) is 0 Å². The first-order chi connectivity index (χ1) is 9.02. The number of carbonyl (C=O) groups excluding carboxylic acids is 1. The zero-order valence-corrected chi connectivity index (χ0v) is 12.6. The smallest absolute Gasteiger partial charge is 0.239 e. The number of nitrogens with zero attached hydrogens (tertiary/aromatic N) is 1. The van der Waals surface area contributed by atoms with E-state index in [2.05, 4.69) is 24.3 Å². The van der Waals surface area contributed by atoms with Crippen molar-refractivity contribution < 1.29 is 9.53 Å². The van der Waals surface area contributed by atoms with Crippen LogP contribution in [0.5, 0.6) is 0 Å². The highest BCUT2D eigenvalue weighted by Gasteiger charge is 2.33. The summed E-state index contributed by atoms with van der Waals surface area (Å²) in [7, 11) is 5.76. The van der Waals surface area contributed by atoms with Gasteiger partial charge >= 0.3 is 0 Å². The maximum Gasteiger partial charge on any atom is 0.239 e. The molecular formula is C14H29N3O2.